The van der Waals surface area contributed by atoms with Gasteiger partial charge in [0.15, 0.2) is 17.5 Å². The summed E-state index contributed by atoms with van der Waals surface area (Å²) in [5, 5.41) is 2.19. The van der Waals surface area contributed by atoms with Crippen LogP contribution in [0.3, 0.4) is 0 Å². The summed E-state index contributed by atoms with van der Waals surface area (Å²) < 4.78 is 45.6. The van der Waals surface area contributed by atoms with Crippen LogP contribution in [0.15, 0.2) is 36.4 Å². The fourth-order valence-corrected chi connectivity index (χ4v) is 3.33. The van der Waals surface area contributed by atoms with Gasteiger partial charge >= 0.3 is 0 Å². The molecule has 1 aliphatic rings. The van der Waals surface area contributed by atoms with E-state index in [-0.39, 0.29) is 12.5 Å². The van der Waals surface area contributed by atoms with Gasteiger partial charge in [0.1, 0.15) is 6.54 Å². The van der Waals surface area contributed by atoms with Gasteiger partial charge < -0.3 is 19.9 Å². The highest BCUT2D eigenvalue weighted by Crippen LogP contribution is 2.20. The lowest BCUT2D eigenvalue weighted by atomic mass is 10.1. The number of halogens is 3. The van der Waals surface area contributed by atoms with Crippen molar-refractivity contribution in [1.82, 2.24) is 4.90 Å². The predicted octanol–water partition coefficient (Wildman–Crippen LogP) is 3.43. The predicted molar refractivity (Wildman–Crippen MR) is 111 cm³/mol. The second-order valence-corrected chi connectivity index (χ2v) is 7.14. The van der Waals surface area contributed by atoms with E-state index in [0.29, 0.717) is 31.7 Å². The lowest BCUT2D eigenvalue weighted by Crippen LogP contribution is -2.39. The minimum atomic E-state index is -1.67. The van der Waals surface area contributed by atoms with Gasteiger partial charge in [-0.05, 0) is 42.8 Å². The van der Waals surface area contributed by atoms with Crippen LogP contribution in [0.2, 0.25) is 0 Å². The molecule has 31 heavy (non-hydrogen) atoms. The molecule has 3 rings (SSSR count). The number of benzene rings is 2. The van der Waals surface area contributed by atoms with Crippen molar-refractivity contribution < 1.29 is 27.5 Å². The van der Waals surface area contributed by atoms with Crippen LogP contribution in [0.1, 0.15) is 23.7 Å². The van der Waals surface area contributed by atoms with E-state index in [1.807, 2.05) is 19.1 Å². The highest BCUT2D eigenvalue weighted by atomic mass is 19.2. The SMILES string of the molecule is CCCN(CC(=O)Nc1ccc(F)c(F)c1F)C(=O)c1ccc(N2CCOCC2)cc1. The first-order valence-electron chi connectivity index (χ1n) is 10.1. The van der Waals surface area contributed by atoms with Gasteiger partial charge in [0.25, 0.3) is 5.91 Å². The Morgan fingerprint density at radius 3 is 2.35 bits per heavy atom. The number of ether oxygens (including phenoxy) is 1. The standard InChI is InChI=1S/C22H24F3N3O3/c1-2-9-28(14-19(29)26-18-8-7-17(23)20(24)21(18)25)22(30)15-3-5-16(6-4-15)27-10-12-31-13-11-27/h3-8H,2,9-14H2,1H3,(H,26,29). The van der Waals surface area contributed by atoms with Crippen molar-refractivity contribution in [2.75, 3.05) is 49.6 Å². The first-order valence-corrected chi connectivity index (χ1v) is 10.1. The molecule has 6 nitrogen and oxygen atoms in total. The molecule has 9 heteroatoms. The Kier molecular flexibility index (Phi) is 7.51. The lowest BCUT2D eigenvalue weighted by Gasteiger charge is -2.29. The van der Waals surface area contributed by atoms with E-state index in [2.05, 4.69) is 10.2 Å². The molecule has 0 aliphatic carbocycles. The Labute approximate surface area is 178 Å². The molecule has 166 valence electrons. The second-order valence-electron chi connectivity index (χ2n) is 7.14. The van der Waals surface area contributed by atoms with E-state index in [4.69, 9.17) is 4.74 Å². The van der Waals surface area contributed by atoms with E-state index in [0.717, 1.165) is 30.9 Å². The number of morpholine rings is 1. The Morgan fingerprint density at radius 1 is 1.03 bits per heavy atom. The second kappa shape index (κ2) is 10.3. The fraction of sp³-hybridized carbons (Fsp3) is 0.364. The van der Waals surface area contributed by atoms with Gasteiger partial charge in [-0.2, -0.15) is 0 Å². The van der Waals surface area contributed by atoms with E-state index in [1.165, 1.54) is 4.90 Å². The molecular formula is C22H24F3N3O3. The average molecular weight is 435 g/mol. The minimum absolute atomic E-state index is 0.303. The van der Waals surface area contributed by atoms with Crippen LogP contribution in [-0.4, -0.2) is 56.1 Å². The molecule has 1 saturated heterocycles. The molecule has 0 atom stereocenters. The summed E-state index contributed by atoms with van der Waals surface area (Å²) >= 11 is 0. The molecule has 0 aromatic heterocycles. The van der Waals surface area contributed by atoms with Gasteiger partial charge in [-0.3, -0.25) is 9.59 Å². The first kappa shape index (κ1) is 22.6. The van der Waals surface area contributed by atoms with Crippen molar-refractivity contribution >= 4 is 23.2 Å². The smallest absolute Gasteiger partial charge is 0.254 e. The van der Waals surface area contributed by atoms with Gasteiger partial charge in [0, 0.05) is 30.9 Å². The molecule has 0 radical (unpaired) electrons. The van der Waals surface area contributed by atoms with Gasteiger partial charge in [-0.25, -0.2) is 13.2 Å². The van der Waals surface area contributed by atoms with E-state index < -0.39 is 29.0 Å². The first-order chi connectivity index (χ1) is 14.9. The van der Waals surface area contributed by atoms with Gasteiger partial charge in [-0.15, -0.1) is 0 Å². The number of nitrogens with one attached hydrogen (secondary N) is 1. The van der Waals surface area contributed by atoms with Gasteiger partial charge in [-0.1, -0.05) is 6.92 Å². The number of anilines is 2. The molecule has 1 fully saturated rings. The topological polar surface area (TPSA) is 61.9 Å². The number of nitrogens with zero attached hydrogens (tertiary/aromatic N) is 2. The molecule has 2 aromatic rings. The maximum Gasteiger partial charge on any atom is 0.254 e. The van der Waals surface area contributed by atoms with E-state index >= 15 is 0 Å². The quantitative estimate of drug-likeness (QED) is 0.677. The Hall–Kier alpha value is -3.07. The van der Waals surface area contributed by atoms with E-state index in [9.17, 15) is 22.8 Å². The van der Waals surface area contributed by atoms with Crippen molar-refractivity contribution in [3.63, 3.8) is 0 Å². The maximum atomic E-state index is 13.8. The number of amides is 2. The van der Waals surface area contributed by atoms with Crippen LogP contribution in [-0.2, 0) is 9.53 Å². The Balaban J connectivity index is 1.67. The maximum absolute atomic E-state index is 13.8. The third-order valence-electron chi connectivity index (χ3n) is 4.91. The van der Waals surface area contributed by atoms with Crippen LogP contribution in [0, 0.1) is 17.5 Å². The minimum Gasteiger partial charge on any atom is -0.378 e. The summed E-state index contributed by atoms with van der Waals surface area (Å²) in [6.45, 7) is 4.66. The van der Waals surface area contributed by atoms with Gasteiger partial charge in [0.05, 0.1) is 18.9 Å². The van der Waals surface area contributed by atoms with Crippen molar-refractivity contribution in [2.45, 2.75) is 13.3 Å². The third kappa shape index (κ3) is 5.55. The molecule has 1 N–H and O–H groups in total. The monoisotopic (exact) mass is 435 g/mol. The van der Waals surface area contributed by atoms with Crippen molar-refractivity contribution in [3.8, 4) is 0 Å². The zero-order chi connectivity index (χ0) is 22.4. The number of hydrogen-bond acceptors (Lipinski definition) is 4. The molecule has 1 heterocycles. The van der Waals surface area contributed by atoms with Crippen LogP contribution in [0.25, 0.3) is 0 Å². The molecule has 2 aromatic carbocycles. The lowest BCUT2D eigenvalue weighted by molar-refractivity contribution is -0.116. The summed E-state index contributed by atoms with van der Waals surface area (Å²) in [6, 6.07) is 8.74. The molecular weight excluding hydrogens is 411 g/mol. The summed E-state index contributed by atoms with van der Waals surface area (Å²) in [5.74, 6) is -5.56. The number of carbonyl (C=O) groups is 2. The van der Waals surface area contributed by atoms with E-state index in [1.54, 1.807) is 12.1 Å². The Morgan fingerprint density at radius 2 is 1.71 bits per heavy atom. The normalized spacial score (nSPS) is 13.7. The highest BCUT2D eigenvalue weighted by Gasteiger charge is 2.21. The summed E-state index contributed by atoms with van der Waals surface area (Å²) in [4.78, 5) is 28.7. The summed E-state index contributed by atoms with van der Waals surface area (Å²) in [7, 11) is 0. The molecule has 0 unspecified atom stereocenters. The number of carbonyl (C=O) groups excluding carboxylic acids is 2. The fourth-order valence-electron chi connectivity index (χ4n) is 3.33. The van der Waals surface area contributed by atoms with Crippen LogP contribution in [0.5, 0.6) is 0 Å². The van der Waals surface area contributed by atoms with Crippen molar-refractivity contribution in [1.29, 1.82) is 0 Å². The number of rotatable bonds is 7. The molecule has 1 aliphatic heterocycles. The molecule has 2 amide bonds. The van der Waals surface area contributed by atoms with Gasteiger partial charge in [0.2, 0.25) is 5.91 Å². The van der Waals surface area contributed by atoms with Crippen molar-refractivity contribution in [3.05, 3.63) is 59.4 Å². The Bertz CT molecular complexity index is 932. The van der Waals surface area contributed by atoms with Crippen LogP contribution in [0.4, 0.5) is 24.5 Å². The van der Waals surface area contributed by atoms with Crippen LogP contribution >= 0.6 is 0 Å². The molecule has 0 bridgehead atoms. The summed E-state index contributed by atoms with van der Waals surface area (Å²) in [6.07, 6.45) is 0.602. The largest absolute Gasteiger partial charge is 0.378 e. The highest BCUT2D eigenvalue weighted by molar-refractivity contribution is 5.99. The molecule has 0 spiro atoms. The zero-order valence-electron chi connectivity index (χ0n) is 17.2. The number of hydrogen-bond donors (Lipinski definition) is 1. The average Bonchev–Trinajstić information content (AvgIpc) is 2.79. The summed E-state index contributed by atoms with van der Waals surface area (Å²) in [5.41, 5.74) is 0.911. The zero-order valence-corrected chi connectivity index (χ0v) is 17.2. The molecule has 0 saturated carbocycles. The van der Waals surface area contributed by atoms with Crippen molar-refractivity contribution in [2.24, 2.45) is 0 Å². The third-order valence-corrected chi connectivity index (χ3v) is 4.91. The van der Waals surface area contributed by atoms with Crippen LogP contribution < -0.4 is 10.2 Å².